The van der Waals surface area contributed by atoms with Gasteiger partial charge in [-0.3, -0.25) is 0 Å². The van der Waals surface area contributed by atoms with Crippen LogP contribution in [-0.4, -0.2) is 38.3 Å². The summed E-state index contributed by atoms with van der Waals surface area (Å²) in [6, 6.07) is 27.5. The van der Waals surface area contributed by atoms with Crippen LogP contribution in [-0.2, 0) is 0 Å². The van der Waals surface area contributed by atoms with Crippen LogP contribution in [0.3, 0.4) is 0 Å². The van der Waals surface area contributed by atoms with Gasteiger partial charge in [-0.15, -0.1) is 0 Å². The fourth-order valence-electron chi connectivity index (χ4n) is 5.88. The van der Waals surface area contributed by atoms with Gasteiger partial charge in [-0.25, -0.2) is 0 Å². The van der Waals surface area contributed by atoms with E-state index in [0.717, 1.165) is 4.48 Å². The molecular weight excluding hydrogens is 457 g/mol. The van der Waals surface area contributed by atoms with Crippen molar-refractivity contribution in [2.75, 3.05) is 27.7 Å². The third kappa shape index (κ3) is 10.1. The number of benzene rings is 3. The van der Waals surface area contributed by atoms with Crippen molar-refractivity contribution in [3.63, 3.8) is 0 Å². The SMILES string of the molecule is CCCCCCCC[N+](C)(C)C.CCCC[B-](c1cccc(C)c1)(c1cccc(C)c1)c1cccc(C)c1. The van der Waals surface area contributed by atoms with Gasteiger partial charge in [-0.05, 0) is 33.6 Å². The molecule has 2 heteroatoms. The number of quaternary nitrogens is 1. The summed E-state index contributed by atoms with van der Waals surface area (Å²) in [4.78, 5) is 0. The first-order chi connectivity index (χ1) is 18.1. The number of unbranched alkanes of at least 4 members (excludes halogenated alkanes) is 6. The van der Waals surface area contributed by atoms with Crippen LogP contribution in [0.5, 0.6) is 0 Å². The Labute approximate surface area is 236 Å². The van der Waals surface area contributed by atoms with Crippen molar-refractivity contribution in [3.8, 4) is 0 Å². The molecular formula is C36H56BN. The highest BCUT2D eigenvalue weighted by Crippen LogP contribution is 2.18. The molecule has 3 aromatic rings. The minimum atomic E-state index is -0.971. The number of hydrogen-bond donors (Lipinski definition) is 0. The van der Waals surface area contributed by atoms with E-state index in [9.17, 15) is 0 Å². The summed E-state index contributed by atoms with van der Waals surface area (Å²) in [5.74, 6) is 0. The van der Waals surface area contributed by atoms with E-state index in [1.54, 1.807) is 0 Å². The minimum Gasteiger partial charge on any atom is -0.331 e. The summed E-state index contributed by atoms with van der Waals surface area (Å²) in [5.41, 5.74) is 8.42. The van der Waals surface area contributed by atoms with E-state index in [1.165, 1.54) is 97.3 Å². The van der Waals surface area contributed by atoms with Gasteiger partial charge in [-0.1, -0.05) is 142 Å². The Kier molecular flexibility index (Phi) is 13.4. The van der Waals surface area contributed by atoms with E-state index in [2.05, 4.69) is 129 Å². The zero-order valence-corrected chi connectivity index (χ0v) is 26.0. The van der Waals surface area contributed by atoms with Gasteiger partial charge in [0.2, 0.25) is 0 Å². The van der Waals surface area contributed by atoms with Gasteiger partial charge in [0.1, 0.15) is 0 Å². The van der Waals surface area contributed by atoms with Crippen molar-refractivity contribution in [2.45, 2.75) is 92.3 Å². The summed E-state index contributed by atoms with van der Waals surface area (Å²) < 4.78 is 1.12. The van der Waals surface area contributed by atoms with Crippen LogP contribution in [0.25, 0.3) is 0 Å². The topological polar surface area (TPSA) is 0 Å². The molecule has 0 N–H and O–H groups in total. The maximum atomic E-state index is 2.40. The molecule has 0 bridgehead atoms. The van der Waals surface area contributed by atoms with Gasteiger partial charge in [0.15, 0.2) is 0 Å². The summed E-state index contributed by atoms with van der Waals surface area (Å²) in [5, 5.41) is 0. The molecule has 0 heterocycles. The first-order valence-corrected chi connectivity index (χ1v) is 15.3. The number of nitrogens with zero attached hydrogens (tertiary/aromatic N) is 1. The summed E-state index contributed by atoms with van der Waals surface area (Å²) in [7, 11) is 6.81. The first kappa shape index (κ1) is 31.9. The Bertz CT molecular complexity index is 968. The van der Waals surface area contributed by atoms with Gasteiger partial charge in [-0.2, -0.15) is 22.7 Å². The fraction of sp³-hybridized carbons (Fsp3) is 0.500. The highest BCUT2D eigenvalue weighted by Gasteiger charge is 2.29. The molecule has 1 nitrogen and oxygen atoms in total. The van der Waals surface area contributed by atoms with E-state index >= 15 is 0 Å². The van der Waals surface area contributed by atoms with Gasteiger partial charge in [0, 0.05) is 0 Å². The molecule has 0 aliphatic heterocycles. The Balaban J connectivity index is 0.000000358. The average Bonchev–Trinajstić information content (AvgIpc) is 2.87. The first-order valence-electron chi connectivity index (χ1n) is 15.3. The Morgan fingerprint density at radius 2 is 0.921 bits per heavy atom. The van der Waals surface area contributed by atoms with Crippen molar-refractivity contribution in [1.29, 1.82) is 0 Å². The van der Waals surface area contributed by atoms with Crippen molar-refractivity contribution in [2.24, 2.45) is 0 Å². The smallest absolute Gasteiger partial charge is 0.0815 e. The maximum Gasteiger partial charge on any atom is 0.0815 e. The second kappa shape index (κ2) is 15.9. The highest BCUT2D eigenvalue weighted by atomic mass is 15.3. The van der Waals surface area contributed by atoms with Crippen LogP contribution in [0.2, 0.25) is 6.32 Å². The molecule has 38 heavy (non-hydrogen) atoms. The quantitative estimate of drug-likeness (QED) is 0.124. The zero-order valence-electron chi connectivity index (χ0n) is 26.0. The molecule has 0 aliphatic rings. The lowest BCUT2D eigenvalue weighted by Gasteiger charge is -2.44. The molecule has 0 radical (unpaired) electrons. The lowest BCUT2D eigenvalue weighted by Crippen LogP contribution is -2.67. The lowest BCUT2D eigenvalue weighted by atomic mass is 9.14. The fourth-order valence-corrected chi connectivity index (χ4v) is 5.88. The largest absolute Gasteiger partial charge is 0.331 e. The third-order valence-electron chi connectivity index (χ3n) is 8.01. The molecule has 0 unspecified atom stereocenters. The minimum absolute atomic E-state index is 0.971. The van der Waals surface area contributed by atoms with Crippen LogP contribution in [0, 0.1) is 20.8 Å². The van der Waals surface area contributed by atoms with Crippen LogP contribution >= 0.6 is 0 Å². The predicted molar refractivity (Wildman–Crippen MR) is 174 cm³/mol. The van der Waals surface area contributed by atoms with Crippen LogP contribution in [0.15, 0.2) is 72.8 Å². The predicted octanol–water partition coefficient (Wildman–Crippen LogP) is 7.94. The molecule has 0 saturated heterocycles. The summed E-state index contributed by atoms with van der Waals surface area (Å²) >= 11 is 0. The van der Waals surface area contributed by atoms with Gasteiger partial charge < -0.3 is 4.48 Å². The van der Waals surface area contributed by atoms with Crippen LogP contribution < -0.4 is 16.4 Å². The maximum absolute atomic E-state index is 2.40. The average molecular weight is 514 g/mol. The van der Waals surface area contributed by atoms with Gasteiger partial charge >= 0.3 is 0 Å². The standard InChI is InChI=1S/C25H30B.C11H26N/c1-5-6-16-26(23-13-7-10-20(2)17-23,24-14-8-11-21(3)18-24)25-15-9-12-22(4)19-25;1-5-6-7-8-9-10-11-12(2,3)4/h7-15,17-19H,5-6,16H2,1-4H3;5-11H2,1-4H3/q-1;+1. The van der Waals surface area contributed by atoms with Crippen molar-refractivity contribution in [1.82, 2.24) is 0 Å². The number of hydrogen-bond acceptors (Lipinski definition) is 0. The molecule has 208 valence electrons. The molecule has 3 aromatic carbocycles. The Hall–Kier alpha value is -2.32. The molecule has 0 atom stereocenters. The van der Waals surface area contributed by atoms with Crippen molar-refractivity contribution < 1.29 is 4.48 Å². The third-order valence-corrected chi connectivity index (χ3v) is 8.01. The molecule has 0 saturated carbocycles. The normalized spacial score (nSPS) is 11.7. The molecule has 3 rings (SSSR count). The van der Waals surface area contributed by atoms with Gasteiger partial charge in [0.25, 0.3) is 0 Å². The molecule has 0 aromatic heterocycles. The van der Waals surface area contributed by atoms with E-state index in [4.69, 9.17) is 0 Å². The summed E-state index contributed by atoms with van der Waals surface area (Å²) in [6.45, 7) is 12.5. The molecule has 0 amide bonds. The van der Waals surface area contributed by atoms with Gasteiger partial charge in [0.05, 0.1) is 33.8 Å². The second-order valence-electron chi connectivity index (χ2n) is 12.7. The summed E-state index contributed by atoms with van der Waals surface area (Å²) in [6.07, 6.45) is 11.1. The monoisotopic (exact) mass is 513 g/mol. The van der Waals surface area contributed by atoms with Crippen LogP contribution in [0.1, 0.15) is 81.9 Å². The molecule has 0 fully saturated rings. The van der Waals surface area contributed by atoms with Crippen molar-refractivity contribution >= 4 is 22.5 Å². The molecule has 0 spiro atoms. The second-order valence-corrected chi connectivity index (χ2v) is 12.7. The van der Waals surface area contributed by atoms with Crippen LogP contribution in [0.4, 0.5) is 0 Å². The van der Waals surface area contributed by atoms with E-state index in [0.29, 0.717) is 0 Å². The number of aryl methyl sites for hydroxylation is 3. The number of rotatable bonds is 13. The Morgan fingerprint density at radius 1 is 0.526 bits per heavy atom. The van der Waals surface area contributed by atoms with E-state index in [-0.39, 0.29) is 0 Å². The van der Waals surface area contributed by atoms with E-state index in [1.807, 2.05) is 0 Å². The highest BCUT2D eigenvalue weighted by molar-refractivity contribution is 7.11. The van der Waals surface area contributed by atoms with E-state index < -0.39 is 6.15 Å². The Morgan fingerprint density at radius 3 is 1.29 bits per heavy atom. The molecule has 0 aliphatic carbocycles. The lowest BCUT2D eigenvalue weighted by molar-refractivity contribution is -0.870. The zero-order chi connectivity index (χ0) is 28.0. The van der Waals surface area contributed by atoms with Crippen molar-refractivity contribution in [3.05, 3.63) is 89.5 Å².